The molecule has 0 amide bonds. The Bertz CT molecular complexity index is 2480. The normalized spacial score (nSPS) is 16.7. The summed E-state index contributed by atoms with van der Waals surface area (Å²) in [6, 6.07) is 20.7. The molecule has 4 aromatic carbocycles. The van der Waals surface area contributed by atoms with Crippen molar-refractivity contribution in [3.63, 3.8) is 0 Å². The van der Waals surface area contributed by atoms with E-state index < -0.39 is 0 Å². The van der Waals surface area contributed by atoms with Crippen molar-refractivity contribution in [3.05, 3.63) is 150 Å². The zero-order valence-electron chi connectivity index (χ0n) is 35.9. The van der Waals surface area contributed by atoms with Gasteiger partial charge in [0.05, 0.1) is 12.2 Å². The summed E-state index contributed by atoms with van der Waals surface area (Å²) < 4.78 is 13.4. The van der Waals surface area contributed by atoms with E-state index in [9.17, 15) is 9.59 Å². The molecule has 10 rings (SSSR count). The number of hydrogen-bond acceptors (Lipinski definition) is 4. The number of aromatic amines is 2. The number of para-hydroxylation sites is 2. The lowest BCUT2D eigenvalue weighted by Gasteiger charge is -2.27. The smallest absolute Gasteiger partial charge is 0.197 e. The van der Waals surface area contributed by atoms with Crippen molar-refractivity contribution >= 4 is 0 Å². The zero-order valence-corrected chi connectivity index (χ0v) is 35.9. The first kappa shape index (κ1) is 39.5. The fourth-order valence-corrected chi connectivity index (χ4v) is 11.3. The molecule has 6 aromatic rings. The van der Waals surface area contributed by atoms with Crippen molar-refractivity contribution in [1.82, 2.24) is 9.97 Å². The van der Waals surface area contributed by atoms with Crippen LogP contribution in [0.3, 0.4) is 0 Å². The maximum atomic E-state index is 14.6. The van der Waals surface area contributed by atoms with Crippen LogP contribution in [0.2, 0.25) is 0 Å². The molecule has 61 heavy (non-hydrogen) atoms. The monoisotopic (exact) mass is 810 g/mol. The highest BCUT2D eigenvalue weighted by Gasteiger charge is 2.28. The zero-order chi connectivity index (χ0) is 41.5. The van der Waals surface area contributed by atoms with Crippen LogP contribution in [0, 0.1) is 0 Å². The van der Waals surface area contributed by atoms with E-state index in [1.807, 2.05) is 73.3 Å². The minimum Gasteiger partial charge on any atom is -0.490 e. The fourth-order valence-electron chi connectivity index (χ4n) is 11.3. The van der Waals surface area contributed by atoms with Crippen molar-refractivity contribution in [1.29, 1.82) is 0 Å². The number of H-pyrrole nitrogens is 2. The number of pyridine rings is 2. The first-order chi connectivity index (χ1) is 29.9. The Morgan fingerprint density at radius 1 is 0.443 bits per heavy atom. The molecule has 6 heteroatoms. The van der Waals surface area contributed by atoms with Gasteiger partial charge in [-0.2, -0.15) is 0 Å². The summed E-state index contributed by atoms with van der Waals surface area (Å²) in [7, 11) is 0. The molecule has 2 atom stereocenters. The molecule has 4 aliphatic rings. The Balaban J connectivity index is 0.906. The molecule has 0 radical (unpaired) electrons. The molecule has 2 aromatic heterocycles. The quantitative estimate of drug-likeness (QED) is 0.144. The van der Waals surface area contributed by atoms with Gasteiger partial charge >= 0.3 is 0 Å². The molecular weight excluding hydrogens is 753 g/mol. The maximum absolute atomic E-state index is 14.6. The molecule has 6 nitrogen and oxygen atoms in total. The molecule has 312 valence electrons. The predicted octanol–water partition coefficient (Wildman–Crippen LogP) is 11.9. The molecular formula is C55H58N2O4. The van der Waals surface area contributed by atoms with Gasteiger partial charge in [-0.05, 0) is 184 Å². The topological polar surface area (TPSA) is 84.2 Å². The molecule has 0 saturated carbocycles. The fraction of sp³-hybridized carbons (Fsp3) is 0.382. The van der Waals surface area contributed by atoms with Crippen LogP contribution in [0.4, 0.5) is 0 Å². The van der Waals surface area contributed by atoms with Crippen molar-refractivity contribution in [2.75, 3.05) is 0 Å². The van der Waals surface area contributed by atoms with Gasteiger partial charge in [-0.1, -0.05) is 48.5 Å². The van der Waals surface area contributed by atoms with Crippen LogP contribution in [0.1, 0.15) is 116 Å². The lowest BCUT2D eigenvalue weighted by molar-refractivity contribution is 0.131. The molecule has 0 saturated heterocycles. The molecule has 4 aliphatic carbocycles. The second-order valence-electron chi connectivity index (χ2n) is 18.2. The van der Waals surface area contributed by atoms with Crippen molar-refractivity contribution in [2.45, 2.75) is 135 Å². The minimum absolute atomic E-state index is 0.0496. The molecule has 0 spiro atoms. The highest BCUT2D eigenvalue weighted by Crippen LogP contribution is 2.42. The Morgan fingerprint density at radius 2 is 0.770 bits per heavy atom. The van der Waals surface area contributed by atoms with Gasteiger partial charge in [0.1, 0.15) is 11.5 Å². The predicted molar refractivity (Wildman–Crippen MR) is 247 cm³/mol. The third kappa shape index (κ3) is 7.57. The second kappa shape index (κ2) is 17.0. The van der Waals surface area contributed by atoms with Crippen molar-refractivity contribution in [3.8, 4) is 56.0 Å². The number of rotatable bonds is 10. The Kier molecular flexibility index (Phi) is 11.0. The second-order valence-corrected chi connectivity index (χ2v) is 18.2. The largest absolute Gasteiger partial charge is 0.490 e. The standard InChI is InChI=1S/C55H58N2O4/c1-34(60-50-25-13-11-23-44(50)46-30-56-32-48(54(46)58)52-40-19-7-3-15-36(40)28-37-16-4-8-20-41(37)52)27-35(2)61-51-26-14-12-24-45(51)47-31-57-33-49(55(47)59)53-42-21-9-5-17-38(42)29-39-18-6-10-22-43(39)53/h11-14,23-26,28-35H,3-10,15-22,27H2,1-2H3,(H,56,58)(H,57,59). The number of aromatic nitrogens is 2. The van der Waals surface area contributed by atoms with Crippen LogP contribution < -0.4 is 20.3 Å². The van der Waals surface area contributed by atoms with Gasteiger partial charge in [0, 0.05) is 64.6 Å². The van der Waals surface area contributed by atoms with Gasteiger partial charge in [-0.3, -0.25) is 9.59 Å². The van der Waals surface area contributed by atoms with E-state index in [0.29, 0.717) is 29.0 Å². The maximum Gasteiger partial charge on any atom is 0.197 e. The van der Waals surface area contributed by atoms with Crippen LogP contribution in [0.5, 0.6) is 11.5 Å². The van der Waals surface area contributed by atoms with Crippen LogP contribution in [0.25, 0.3) is 44.5 Å². The third-order valence-corrected chi connectivity index (χ3v) is 14.0. The average molecular weight is 811 g/mol. The first-order valence-corrected chi connectivity index (χ1v) is 23.2. The van der Waals surface area contributed by atoms with E-state index in [0.717, 1.165) is 73.6 Å². The number of hydrogen-bond donors (Lipinski definition) is 2. The van der Waals surface area contributed by atoms with E-state index in [4.69, 9.17) is 9.47 Å². The number of aryl methyl sites for hydroxylation is 4. The van der Waals surface area contributed by atoms with Crippen LogP contribution >= 0.6 is 0 Å². The van der Waals surface area contributed by atoms with Crippen LogP contribution in [-0.4, -0.2) is 22.2 Å². The molecule has 2 heterocycles. The number of fused-ring (bicyclic) bond motifs is 4. The molecule has 0 bridgehead atoms. The average Bonchev–Trinajstić information content (AvgIpc) is 3.28. The summed E-state index contributed by atoms with van der Waals surface area (Å²) in [4.78, 5) is 36.0. The highest BCUT2D eigenvalue weighted by atomic mass is 16.5. The summed E-state index contributed by atoms with van der Waals surface area (Å²) in [5.41, 5.74) is 18.2. The van der Waals surface area contributed by atoms with Crippen molar-refractivity contribution < 1.29 is 9.47 Å². The third-order valence-electron chi connectivity index (χ3n) is 14.0. The van der Waals surface area contributed by atoms with E-state index >= 15 is 0 Å². The lowest BCUT2D eigenvalue weighted by Crippen LogP contribution is -2.23. The molecule has 2 N–H and O–H groups in total. The lowest BCUT2D eigenvalue weighted by atomic mass is 9.77. The summed E-state index contributed by atoms with van der Waals surface area (Å²) in [6.07, 6.45) is 25.7. The van der Waals surface area contributed by atoms with Gasteiger partial charge in [0.15, 0.2) is 10.9 Å². The van der Waals surface area contributed by atoms with Gasteiger partial charge in [0.2, 0.25) is 0 Å². The minimum atomic E-state index is -0.221. The van der Waals surface area contributed by atoms with E-state index in [-0.39, 0.29) is 23.1 Å². The Labute approximate surface area is 359 Å². The van der Waals surface area contributed by atoms with E-state index in [2.05, 4.69) is 35.9 Å². The number of nitrogens with one attached hydrogen (secondary N) is 2. The summed E-state index contributed by atoms with van der Waals surface area (Å²) >= 11 is 0. The summed E-state index contributed by atoms with van der Waals surface area (Å²) in [5.74, 6) is 1.35. The van der Waals surface area contributed by atoms with Crippen LogP contribution in [-0.2, 0) is 51.4 Å². The van der Waals surface area contributed by atoms with Crippen molar-refractivity contribution in [2.24, 2.45) is 0 Å². The molecule has 0 aliphatic heterocycles. The van der Waals surface area contributed by atoms with Gasteiger partial charge in [0.25, 0.3) is 0 Å². The Morgan fingerprint density at radius 3 is 1.15 bits per heavy atom. The Hall–Kier alpha value is -5.62. The van der Waals surface area contributed by atoms with Gasteiger partial charge in [-0.25, -0.2) is 0 Å². The van der Waals surface area contributed by atoms with Crippen LogP contribution in [0.15, 0.2) is 95.0 Å². The van der Waals surface area contributed by atoms with E-state index in [1.165, 1.54) is 107 Å². The molecule has 0 fully saturated rings. The summed E-state index contributed by atoms with van der Waals surface area (Å²) in [6.45, 7) is 4.11. The van der Waals surface area contributed by atoms with E-state index in [1.54, 1.807) is 0 Å². The SMILES string of the molecule is CC(CC(C)Oc1ccccc1-c1c[nH]cc(-c2c3c(cc4c2CCCC4)CCCC3)c1=O)Oc1ccccc1-c1c[nH]cc(-c2c3c(cc4c2CCCC4)CCCC3)c1=O. The number of benzene rings is 4. The van der Waals surface area contributed by atoms with Gasteiger partial charge < -0.3 is 19.4 Å². The molecule has 2 unspecified atom stereocenters. The highest BCUT2D eigenvalue weighted by molar-refractivity contribution is 5.81. The van der Waals surface area contributed by atoms with Gasteiger partial charge in [-0.15, -0.1) is 0 Å². The number of ether oxygens (including phenoxy) is 2. The summed E-state index contributed by atoms with van der Waals surface area (Å²) in [5, 5.41) is 0. The first-order valence-electron chi connectivity index (χ1n) is 23.2.